The zero-order valence-corrected chi connectivity index (χ0v) is 18.5. The zero-order chi connectivity index (χ0) is 23.9. The Kier molecular flexibility index (Phi) is 10.9. The molecule has 0 heterocycles. The molecular formula is C26H27NO6. The molecule has 0 saturated heterocycles. The van der Waals surface area contributed by atoms with Gasteiger partial charge in [0.05, 0.1) is 36.0 Å². The number of unbranched alkanes of at least 4 members (excludes halogenated alkanes) is 5. The molecule has 0 spiro atoms. The lowest BCUT2D eigenvalue weighted by Gasteiger charge is -2.07. The molecular weight excluding hydrogens is 422 g/mol. The van der Waals surface area contributed by atoms with E-state index in [2.05, 4.69) is 6.58 Å². The molecule has 0 amide bonds. The van der Waals surface area contributed by atoms with Crippen LogP contribution in [0.3, 0.4) is 0 Å². The fourth-order valence-electron chi connectivity index (χ4n) is 2.90. The lowest BCUT2D eigenvalue weighted by atomic mass is 10.1. The van der Waals surface area contributed by atoms with Crippen LogP contribution in [0.1, 0.15) is 64.8 Å². The zero-order valence-electron chi connectivity index (χ0n) is 18.5. The normalized spacial score (nSPS) is 10.0. The van der Waals surface area contributed by atoms with E-state index in [-0.39, 0.29) is 0 Å². The maximum Gasteiger partial charge on any atom is 0.343 e. The molecule has 7 heteroatoms. The van der Waals surface area contributed by atoms with Gasteiger partial charge in [-0.2, -0.15) is 5.26 Å². The van der Waals surface area contributed by atoms with E-state index in [0.717, 1.165) is 44.6 Å². The number of carbonyl (C=O) groups excluding carboxylic acids is 3. The molecule has 0 aliphatic carbocycles. The summed E-state index contributed by atoms with van der Waals surface area (Å²) in [6.07, 6.45) is 6.74. The largest absolute Gasteiger partial charge is 0.463 e. The van der Waals surface area contributed by atoms with Crippen molar-refractivity contribution in [2.24, 2.45) is 0 Å². The molecule has 7 nitrogen and oxygen atoms in total. The number of benzene rings is 2. The predicted octanol–water partition coefficient (Wildman–Crippen LogP) is 5.00. The van der Waals surface area contributed by atoms with Crippen LogP contribution in [-0.4, -0.2) is 31.1 Å². The first-order valence-corrected chi connectivity index (χ1v) is 10.8. The van der Waals surface area contributed by atoms with Gasteiger partial charge in [0.2, 0.25) is 0 Å². The summed E-state index contributed by atoms with van der Waals surface area (Å²) in [6, 6.07) is 14.3. The molecule has 0 N–H and O–H groups in total. The molecule has 0 unspecified atom stereocenters. The third kappa shape index (κ3) is 9.40. The third-order valence-electron chi connectivity index (χ3n) is 4.73. The number of ether oxygens (including phenoxy) is 3. The van der Waals surface area contributed by atoms with Gasteiger partial charge in [-0.15, -0.1) is 0 Å². The summed E-state index contributed by atoms with van der Waals surface area (Å²) in [7, 11) is 0. The van der Waals surface area contributed by atoms with Crippen LogP contribution in [0, 0.1) is 11.3 Å². The number of carbonyl (C=O) groups is 3. The number of rotatable bonds is 13. The standard InChI is InChI=1S/C26H27NO6/c1-2-24(28)31-17-7-5-3-4-6-8-18-32-25(29)21-13-15-23(16-14-21)33-26(30)22-11-9-20(19-27)10-12-22/h2,9-16H,1,3-8,17-18H2. The highest BCUT2D eigenvalue weighted by Gasteiger charge is 2.11. The Morgan fingerprint density at radius 3 is 1.85 bits per heavy atom. The third-order valence-corrected chi connectivity index (χ3v) is 4.73. The first-order chi connectivity index (χ1) is 16.0. The number of nitriles is 1. The number of hydrogen-bond donors (Lipinski definition) is 0. The minimum absolute atomic E-state index is 0.306. The highest BCUT2D eigenvalue weighted by molar-refractivity contribution is 5.92. The molecule has 2 aromatic rings. The lowest BCUT2D eigenvalue weighted by molar-refractivity contribution is -0.137. The van der Waals surface area contributed by atoms with E-state index in [1.54, 1.807) is 24.3 Å². The summed E-state index contributed by atoms with van der Waals surface area (Å²) in [6.45, 7) is 4.09. The molecule has 0 fully saturated rings. The highest BCUT2D eigenvalue weighted by Crippen LogP contribution is 2.16. The Balaban J connectivity index is 1.61. The van der Waals surface area contributed by atoms with Crippen molar-refractivity contribution in [1.29, 1.82) is 5.26 Å². The van der Waals surface area contributed by atoms with Gasteiger partial charge in [-0.3, -0.25) is 0 Å². The van der Waals surface area contributed by atoms with Gasteiger partial charge < -0.3 is 14.2 Å². The number of nitrogens with zero attached hydrogens (tertiary/aromatic N) is 1. The van der Waals surface area contributed by atoms with Gasteiger partial charge >= 0.3 is 17.9 Å². The van der Waals surface area contributed by atoms with E-state index in [0.29, 0.717) is 35.7 Å². The maximum absolute atomic E-state index is 12.2. The fraction of sp³-hybridized carbons (Fsp3) is 0.308. The molecule has 2 rings (SSSR count). The van der Waals surface area contributed by atoms with E-state index in [9.17, 15) is 14.4 Å². The topological polar surface area (TPSA) is 103 Å². The summed E-state index contributed by atoms with van der Waals surface area (Å²) >= 11 is 0. The summed E-state index contributed by atoms with van der Waals surface area (Å²) < 4.78 is 15.5. The Morgan fingerprint density at radius 1 is 0.758 bits per heavy atom. The van der Waals surface area contributed by atoms with E-state index in [1.165, 1.54) is 24.3 Å². The van der Waals surface area contributed by atoms with Crippen LogP contribution < -0.4 is 4.74 Å². The van der Waals surface area contributed by atoms with Gasteiger partial charge in [0, 0.05) is 6.08 Å². The van der Waals surface area contributed by atoms with Gasteiger partial charge in [0.1, 0.15) is 5.75 Å². The summed E-state index contributed by atoms with van der Waals surface area (Å²) in [5, 5.41) is 8.80. The van der Waals surface area contributed by atoms with Crippen LogP contribution in [0.15, 0.2) is 61.2 Å². The van der Waals surface area contributed by atoms with Crippen LogP contribution in [-0.2, 0) is 14.3 Å². The second-order valence-corrected chi connectivity index (χ2v) is 7.23. The summed E-state index contributed by atoms with van der Waals surface area (Å²) in [4.78, 5) is 35.2. The first-order valence-electron chi connectivity index (χ1n) is 10.8. The Morgan fingerprint density at radius 2 is 1.27 bits per heavy atom. The fourth-order valence-corrected chi connectivity index (χ4v) is 2.90. The quantitative estimate of drug-likeness (QED) is 0.183. The van der Waals surface area contributed by atoms with Crippen LogP contribution in [0.4, 0.5) is 0 Å². The van der Waals surface area contributed by atoms with Crippen molar-refractivity contribution in [3.05, 3.63) is 77.9 Å². The molecule has 0 aliphatic rings. The van der Waals surface area contributed by atoms with E-state index >= 15 is 0 Å². The smallest absolute Gasteiger partial charge is 0.343 e. The highest BCUT2D eigenvalue weighted by atomic mass is 16.5. The van der Waals surface area contributed by atoms with E-state index in [4.69, 9.17) is 19.5 Å². The molecule has 0 saturated carbocycles. The minimum Gasteiger partial charge on any atom is -0.463 e. The van der Waals surface area contributed by atoms with Gasteiger partial charge in [-0.1, -0.05) is 32.3 Å². The van der Waals surface area contributed by atoms with Crippen LogP contribution >= 0.6 is 0 Å². The van der Waals surface area contributed by atoms with Crippen LogP contribution in [0.2, 0.25) is 0 Å². The number of hydrogen-bond acceptors (Lipinski definition) is 7. The average Bonchev–Trinajstić information content (AvgIpc) is 2.85. The van der Waals surface area contributed by atoms with Crippen molar-refractivity contribution in [2.45, 2.75) is 38.5 Å². The summed E-state index contributed by atoms with van der Waals surface area (Å²) in [5.74, 6) is -1.06. The van der Waals surface area contributed by atoms with Gasteiger partial charge in [-0.05, 0) is 61.4 Å². The Hall–Kier alpha value is -3.92. The molecule has 0 atom stereocenters. The molecule has 33 heavy (non-hydrogen) atoms. The number of esters is 3. The predicted molar refractivity (Wildman–Crippen MR) is 122 cm³/mol. The average molecular weight is 450 g/mol. The van der Waals surface area contributed by atoms with Crippen LogP contribution in [0.25, 0.3) is 0 Å². The van der Waals surface area contributed by atoms with Gasteiger partial charge in [-0.25, -0.2) is 14.4 Å². The van der Waals surface area contributed by atoms with Crippen molar-refractivity contribution in [2.75, 3.05) is 13.2 Å². The second kappa shape index (κ2) is 14.2. The molecule has 0 bridgehead atoms. The molecule has 0 aromatic heterocycles. The van der Waals surface area contributed by atoms with Crippen molar-refractivity contribution in [3.63, 3.8) is 0 Å². The Labute approximate surface area is 193 Å². The molecule has 0 aliphatic heterocycles. The Bertz CT molecular complexity index is 973. The van der Waals surface area contributed by atoms with Gasteiger partial charge in [0.15, 0.2) is 0 Å². The van der Waals surface area contributed by atoms with Crippen molar-refractivity contribution in [3.8, 4) is 11.8 Å². The van der Waals surface area contributed by atoms with Crippen LogP contribution in [0.5, 0.6) is 5.75 Å². The van der Waals surface area contributed by atoms with Gasteiger partial charge in [0.25, 0.3) is 0 Å². The maximum atomic E-state index is 12.2. The molecule has 2 aromatic carbocycles. The van der Waals surface area contributed by atoms with E-state index in [1.807, 2.05) is 6.07 Å². The van der Waals surface area contributed by atoms with Crippen molar-refractivity contribution in [1.82, 2.24) is 0 Å². The first kappa shape index (κ1) is 25.3. The van der Waals surface area contributed by atoms with Crippen molar-refractivity contribution < 1.29 is 28.6 Å². The minimum atomic E-state index is -0.549. The molecule has 0 radical (unpaired) electrons. The lowest BCUT2D eigenvalue weighted by Crippen LogP contribution is -2.09. The van der Waals surface area contributed by atoms with E-state index < -0.39 is 17.9 Å². The second-order valence-electron chi connectivity index (χ2n) is 7.23. The monoisotopic (exact) mass is 449 g/mol. The SMILES string of the molecule is C=CC(=O)OCCCCCCCCOC(=O)c1ccc(OC(=O)c2ccc(C#N)cc2)cc1. The molecule has 172 valence electrons. The van der Waals surface area contributed by atoms with Crippen molar-refractivity contribution >= 4 is 17.9 Å². The summed E-state index contributed by atoms with van der Waals surface area (Å²) in [5.41, 5.74) is 1.16.